The van der Waals surface area contributed by atoms with Crippen LogP contribution in [0.25, 0.3) is 0 Å². The number of hydrogen-bond acceptors (Lipinski definition) is 4. The van der Waals surface area contributed by atoms with Crippen LogP contribution in [0.1, 0.15) is 18.9 Å². The molecule has 0 aliphatic heterocycles. The first kappa shape index (κ1) is 14.8. The Morgan fingerprint density at radius 2 is 2.22 bits per heavy atom. The van der Waals surface area contributed by atoms with E-state index in [4.69, 9.17) is 20.5 Å². The summed E-state index contributed by atoms with van der Waals surface area (Å²) in [5, 5.41) is 8.93. The van der Waals surface area contributed by atoms with E-state index in [0.717, 1.165) is 16.5 Å². The second-order valence-corrected chi connectivity index (χ2v) is 4.65. The number of nitriles is 1. The molecule has 0 radical (unpaired) electrons. The molecule has 0 saturated heterocycles. The van der Waals surface area contributed by atoms with Crippen molar-refractivity contribution in [1.82, 2.24) is 0 Å². The SMILES string of the molecule is CCC(C#N)Oc1c(Br)cc(CCN)cc1OC. The van der Waals surface area contributed by atoms with Crippen LogP contribution in [-0.4, -0.2) is 19.8 Å². The first-order valence-corrected chi connectivity index (χ1v) is 6.58. The normalized spacial score (nSPS) is 11.7. The van der Waals surface area contributed by atoms with Crippen LogP contribution in [0.5, 0.6) is 11.5 Å². The van der Waals surface area contributed by atoms with E-state index in [2.05, 4.69) is 22.0 Å². The van der Waals surface area contributed by atoms with Gasteiger partial charge >= 0.3 is 0 Å². The highest BCUT2D eigenvalue weighted by molar-refractivity contribution is 9.10. The lowest BCUT2D eigenvalue weighted by molar-refractivity contribution is 0.237. The third-order valence-corrected chi connectivity index (χ3v) is 3.09. The van der Waals surface area contributed by atoms with E-state index < -0.39 is 6.10 Å². The number of ether oxygens (including phenoxy) is 2. The summed E-state index contributed by atoms with van der Waals surface area (Å²) in [4.78, 5) is 0. The Labute approximate surface area is 116 Å². The fourth-order valence-electron chi connectivity index (χ4n) is 1.54. The molecule has 1 rings (SSSR count). The van der Waals surface area contributed by atoms with E-state index in [0.29, 0.717) is 24.5 Å². The Bertz CT molecular complexity index is 443. The number of rotatable bonds is 6. The van der Waals surface area contributed by atoms with Crippen LogP contribution in [0, 0.1) is 11.3 Å². The van der Waals surface area contributed by atoms with Crippen LogP contribution in [0.4, 0.5) is 0 Å². The third-order valence-electron chi connectivity index (χ3n) is 2.50. The minimum atomic E-state index is -0.476. The van der Waals surface area contributed by atoms with Gasteiger partial charge in [0.2, 0.25) is 0 Å². The van der Waals surface area contributed by atoms with Gasteiger partial charge in [-0.1, -0.05) is 6.92 Å². The van der Waals surface area contributed by atoms with Crippen LogP contribution in [-0.2, 0) is 6.42 Å². The Hall–Kier alpha value is -1.25. The fourth-order valence-corrected chi connectivity index (χ4v) is 2.12. The minimum absolute atomic E-state index is 0.476. The number of methoxy groups -OCH3 is 1. The van der Waals surface area contributed by atoms with Crippen molar-refractivity contribution in [3.63, 3.8) is 0 Å². The second kappa shape index (κ2) is 7.24. The monoisotopic (exact) mass is 312 g/mol. The summed E-state index contributed by atoms with van der Waals surface area (Å²) in [6.07, 6.45) is 0.914. The van der Waals surface area contributed by atoms with Crippen molar-refractivity contribution in [2.45, 2.75) is 25.9 Å². The first-order valence-electron chi connectivity index (χ1n) is 5.79. The standard InChI is InChI=1S/C13H17BrN2O2/c1-3-10(8-16)18-13-11(14)6-9(4-5-15)7-12(13)17-2/h6-7,10H,3-5,15H2,1-2H3. The van der Waals surface area contributed by atoms with Gasteiger partial charge < -0.3 is 15.2 Å². The summed E-state index contributed by atoms with van der Waals surface area (Å²) < 4.78 is 11.7. The lowest BCUT2D eigenvalue weighted by Crippen LogP contribution is -2.13. The molecular weight excluding hydrogens is 296 g/mol. The molecule has 1 unspecified atom stereocenters. The van der Waals surface area contributed by atoms with Crippen LogP contribution in [0.15, 0.2) is 16.6 Å². The molecule has 98 valence electrons. The lowest BCUT2D eigenvalue weighted by atomic mass is 10.1. The molecule has 0 bridgehead atoms. The molecule has 0 amide bonds. The van der Waals surface area contributed by atoms with E-state index in [1.165, 1.54) is 0 Å². The summed E-state index contributed by atoms with van der Waals surface area (Å²) in [7, 11) is 1.58. The maximum absolute atomic E-state index is 8.93. The maximum atomic E-state index is 8.93. The van der Waals surface area contributed by atoms with Crippen molar-refractivity contribution >= 4 is 15.9 Å². The Morgan fingerprint density at radius 3 is 2.72 bits per heavy atom. The summed E-state index contributed by atoms with van der Waals surface area (Å²) >= 11 is 3.44. The van der Waals surface area contributed by atoms with E-state index >= 15 is 0 Å². The van der Waals surface area contributed by atoms with Gasteiger partial charge in [0.05, 0.1) is 11.6 Å². The molecule has 5 heteroatoms. The summed E-state index contributed by atoms with van der Waals surface area (Å²) in [6, 6.07) is 5.93. The largest absolute Gasteiger partial charge is 0.493 e. The zero-order valence-corrected chi connectivity index (χ0v) is 12.2. The first-order chi connectivity index (χ1) is 8.65. The summed E-state index contributed by atoms with van der Waals surface area (Å²) in [5.41, 5.74) is 6.60. The average molecular weight is 313 g/mol. The van der Waals surface area contributed by atoms with Gasteiger partial charge in [-0.3, -0.25) is 0 Å². The highest BCUT2D eigenvalue weighted by atomic mass is 79.9. The average Bonchev–Trinajstić information content (AvgIpc) is 2.37. The Morgan fingerprint density at radius 1 is 1.50 bits per heavy atom. The van der Waals surface area contributed by atoms with Crippen molar-refractivity contribution in [3.8, 4) is 17.6 Å². The molecule has 2 N–H and O–H groups in total. The van der Waals surface area contributed by atoms with Crippen LogP contribution in [0.2, 0.25) is 0 Å². The molecule has 1 atom stereocenters. The van der Waals surface area contributed by atoms with Crippen molar-refractivity contribution in [2.75, 3.05) is 13.7 Å². The predicted molar refractivity (Wildman–Crippen MR) is 73.8 cm³/mol. The predicted octanol–water partition coefficient (Wildman–Crippen LogP) is 2.64. The maximum Gasteiger partial charge on any atom is 0.184 e. The molecule has 0 aliphatic rings. The number of nitrogens with two attached hydrogens (primary N) is 1. The molecule has 1 aromatic rings. The van der Waals surface area contributed by atoms with Crippen molar-refractivity contribution < 1.29 is 9.47 Å². The molecule has 18 heavy (non-hydrogen) atoms. The van der Waals surface area contributed by atoms with E-state index in [1.807, 2.05) is 19.1 Å². The molecule has 0 aromatic heterocycles. The molecule has 0 heterocycles. The highest BCUT2D eigenvalue weighted by Crippen LogP contribution is 2.37. The van der Waals surface area contributed by atoms with Crippen molar-refractivity contribution in [3.05, 3.63) is 22.2 Å². The Balaban J connectivity index is 3.07. The third kappa shape index (κ3) is 3.62. The second-order valence-electron chi connectivity index (χ2n) is 3.79. The molecule has 0 fully saturated rings. The highest BCUT2D eigenvalue weighted by Gasteiger charge is 2.15. The van der Waals surface area contributed by atoms with Gasteiger partial charge in [-0.15, -0.1) is 0 Å². The number of halogens is 1. The summed E-state index contributed by atoms with van der Waals surface area (Å²) in [6.45, 7) is 2.47. The zero-order valence-electron chi connectivity index (χ0n) is 10.6. The topological polar surface area (TPSA) is 68.3 Å². The van der Waals surface area contributed by atoms with Gasteiger partial charge in [0.15, 0.2) is 17.6 Å². The Kier molecular flexibility index (Phi) is 5.96. The van der Waals surface area contributed by atoms with Gasteiger partial charge in [0, 0.05) is 0 Å². The molecule has 0 aliphatic carbocycles. The fraction of sp³-hybridized carbons (Fsp3) is 0.462. The molecule has 0 spiro atoms. The van der Waals surface area contributed by atoms with Gasteiger partial charge in [-0.05, 0) is 53.0 Å². The van der Waals surface area contributed by atoms with Crippen molar-refractivity contribution in [2.24, 2.45) is 5.73 Å². The molecule has 4 nitrogen and oxygen atoms in total. The summed E-state index contributed by atoms with van der Waals surface area (Å²) in [5.74, 6) is 1.17. The van der Waals surface area contributed by atoms with Crippen LogP contribution < -0.4 is 15.2 Å². The number of nitrogens with zero attached hydrogens (tertiary/aromatic N) is 1. The van der Waals surface area contributed by atoms with E-state index in [9.17, 15) is 0 Å². The minimum Gasteiger partial charge on any atom is -0.493 e. The van der Waals surface area contributed by atoms with Gasteiger partial charge in [0.1, 0.15) is 6.07 Å². The quantitative estimate of drug-likeness (QED) is 0.876. The van der Waals surface area contributed by atoms with E-state index in [-0.39, 0.29) is 0 Å². The molecular formula is C13H17BrN2O2. The zero-order chi connectivity index (χ0) is 13.5. The number of hydrogen-bond donors (Lipinski definition) is 1. The van der Waals surface area contributed by atoms with E-state index in [1.54, 1.807) is 7.11 Å². The smallest absolute Gasteiger partial charge is 0.184 e. The van der Waals surface area contributed by atoms with Gasteiger partial charge in [-0.25, -0.2) is 0 Å². The molecule has 1 aromatic carbocycles. The number of benzene rings is 1. The van der Waals surface area contributed by atoms with Crippen LogP contribution in [0.3, 0.4) is 0 Å². The van der Waals surface area contributed by atoms with Gasteiger partial charge in [0.25, 0.3) is 0 Å². The lowest BCUT2D eigenvalue weighted by Gasteiger charge is -2.16. The van der Waals surface area contributed by atoms with Crippen molar-refractivity contribution in [1.29, 1.82) is 5.26 Å². The van der Waals surface area contributed by atoms with Gasteiger partial charge in [-0.2, -0.15) is 5.26 Å². The van der Waals surface area contributed by atoms with Crippen LogP contribution >= 0.6 is 15.9 Å². The molecule has 0 saturated carbocycles.